The summed E-state index contributed by atoms with van der Waals surface area (Å²) >= 11 is 4.77. The first kappa shape index (κ1) is 13.0. The van der Waals surface area contributed by atoms with Crippen LogP contribution in [0.2, 0.25) is 0 Å². The van der Waals surface area contributed by atoms with Crippen molar-refractivity contribution in [2.75, 3.05) is 11.1 Å². The molecule has 0 saturated carbocycles. The fourth-order valence-electron chi connectivity index (χ4n) is 1.42. The van der Waals surface area contributed by atoms with Crippen LogP contribution < -0.4 is 11.1 Å². The zero-order valence-corrected chi connectivity index (χ0v) is 12.4. The van der Waals surface area contributed by atoms with Gasteiger partial charge in [-0.25, -0.2) is 4.98 Å². The summed E-state index contributed by atoms with van der Waals surface area (Å²) in [5.41, 5.74) is 7.71. The highest BCUT2D eigenvalue weighted by Gasteiger charge is 2.14. The van der Waals surface area contributed by atoms with Crippen LogP contribution >= 0.6 is 27.3 Å². The number of rotatable bonds is 2. The topological polar surface area (TPSA) is 68.0 Å². The van der Waals surface area contributed by atoms with E-state index in [4.69, 9.17) is 5.73 Å². The number of carbonyl (C=O) groups is 1. The number of aryl methyl sites for hydroxylation is 2. The van der Waals surface area contributed by atoms with Gasteiger partial charge in [-0.05, 0) is 41.9 Å². The summed E-state index contributed by atoms with van der Waals surface area (Å²) in [6, 6.07) is 5.19. The third-order valence-corrected chi connectivity index (χ3v) is 4.40. The molecule has 0 aliphatic rings. The van der Waals surface area contributed by atoms with Gasteiger partial charge in [0.25, 0.3) is 5.91 Å². The minimum absolute atomic E-state index is 0.220. The lowest BCUT2D eigenvalue weighted by molar-refractivity contribution is 0.102. The average Bonchev–Trinajstić information content (AvgIpc) is 2.61. The van der Waals surface area contributed by atoms with E-state index < -0.39 is 0 Å². The van der Waals surface area contributed by atoms with E-state index in [9.17, 15) is 4.79 Å². The average molecular weight is 326 g/mol. The molecule has 4 nitrogen and oxygen atoms in total. The summed E-state index contributed by atoms with van der Waals surface area (Å²) in [5.74, 6) is -0.220. The van der Waals surface area contributed by atoms with Gasteiger partial charge >= 0.3 is 0 Å². The van der Waals surface area contributed by atoms with E-state index in [1.165, 1.54) is 11.3 Å². The molecule has 3 N–H and O–H groups in total. The number of nitrogen functional groups attached to an aromatic ring is 1. The van der Waals surface area contributed by atoms with Gasteiger partial charge in [0.15, 0.2) is 5.13 Å². The van der Waals surface area contributed by atoms with Crippen LogP contribution in [0.4, 0.5) is 10.8 Å². The first-order valence-corrected chi connectivity index (χ1v) is 6.89. The van der Waals surface area contributed by atoms with Crippen LogP contribution in [-0.2, 0) is 0 Å². The number of aromatic nitrogens is 1. The molecule has 1 amide bonds. The number of anilines is 2. The zero-order valence-electron chi connectivity index (χ0n) is 9.95. The molecule has 0 spiro atoms. The van der Waals surface area contributed by atoms with Crippen molar-refractivity contribution in [1.29, 1.82) is 0 Å². The van der Waals surface area contributed by atoms with Crippen LogP contribution in [0, 0.1) is 13.8 Å². The number of thiazole rings is 1. The van der Waals surface area contributed by atoms with E-state index in [0.29, 0.717) is 20.9 Å². The minimum atomic E-state index is -0.220. The molecule has 0 saturated heterocycles. The molecule has 1 aromatic heterocycles. The van der Waals surface area contributed by atoms with Crippen molar-refractivity contribution >= 4 is 44.0 Å². The summed E-state index contributed by atoms with van der Waals surface area (Å²) < 4.78 is 0.604. The van der Waals surface area contributed by atoms with Crippen LogP contribution in [0.3, 0.4) is 0 Å². The van der Waals surface area contributed by atoms with E-state index >= 15 is 0 Å². The Hall–Kier alpha value is -1.40. The summed E-state index contributed by atoms with van der Waals surface area (Å²) in [5, 5.41) is 3.37. The van der Waals surface area contributed by atoms with Crippen molar-refractivity contribution in [2.45, 2.75) is 13.8 Å². The Morgan fingerprint density at radius 1 is 1.44 bits per heavy atom. The number of hydrogen-bond acceptors (Lipinski definition) is 4. The zero-order chi connectivity index (χ0) is 13.3. The normalized spacial score (nSPS) is 10.4. The number of benzene rings is 1. The van der Waals surface area contributed by atoms with Crippen LogP contribution in [-0.4, -0.2) is 10.9 Å². The summed E-state index contributed by atoms with van der Waals surface area (Å²) in [7, 11) is 0. The van der Waals surface area contributed by atoms with Crippen molar-refractivity contribution in [3.05, 3.63) is 38.8 Å². The van der Waals surface area contributed by atoms with E-state index in [0.717, 1.165) is 10.6 Å². The molecular formula is C12H12BrN3OS. The first-order chi connectivity index (χ1) is 8.49. The van der Waals surface area contributed by atoms with Gasteiger partial charge < -0.3 is 5.73 Å². The highest BCUT2D eigenvalue weighted by molar-refractivity contribution is 9.10. The van der Waals surface area contributed by atoms with E-state index in [-0.39, 0.29) is 5.91 Å². The number of nitrogens with two attached hydrogens (primary N) is 1. The molecule has 0 bridgehead atoms. The van der Waals surface area contributed by atoms with Gasteiger partial charge in [0, 0.05) is 10.6 Å². The Morgan fingerprint density at radius 2 is 2.17 bits per heavy atom. The van der Waals surface area contributed by atoms with Crippen molar-refractivity contribution in [3.8, 4) is 0 Å². The molecule has 94 valence electrons. The number of carbonyl (C=O) groups excluding carboxylic acids is 1. The van der Waals surface area contributed by atoms with Crippen LogP contribution in [0.25, 0.3) is 0 Å². The predicted molar refractivity (Wildman–Crippen MR) is 78.1 cm³/mol. The van der Waals surface area contributed by atoms with Crippen molar-refractivity contribution < 1.29 is 4.79 Å². The smallest absolute Gasteiger partial charge is 0.258 e. The molecule has 2 rings (SSSR count). The number of nitrogens with one attached hydrogen (secondary N) is 1. The summed E-state index contributed by atoms with van der Waals surface area (Å²) in [6.45, 7) is 3.89. The van der Waals surface area contributed by atoms with Crippen molar-refractivity contribution in [3.63, 3.8) is 0 Å². The quantitative estimate of drug-likeness (QED) is 0.832. The van der Waals surface area contributed by atoms with Gasteiger partial charge in [0.05, 0.1) is 15.7 Å². The molecule has 0 fully saturated rings. The lowest BCUT2D eigenvalue weighted by Crippen LogP contribution is -2.13. The minimum Gasteiger partial charge on any atom is -0.398 e. The molecule has 0 unspecified atom stereocenters. The van der Waals surface area contributed by atoms with Gasteiger partial charge in [-0.3, -0.25) is 10.1 Å². The number of hydrogen-bond donors (Lipinski definition) is 2. The molecule has 0 aliphatic carbocycles. The Kier molecular flexibility index (Phi) is 3.68. The number of amides is 1. The van der Waals surface area contributed by atoms with Crippen LogP contribution in [0.15, 0.2) is 22.7 Å². The Morgan fingerprint density at radius 3 is 2.78 bits per heavy atom. The molecule has 1 heterocycles. The third kappa shape index (κ3) is 2.54. The van der Waals surface area contributed by atoms with Crippen molar-refractivity contribution in [1.82, 2.24) is 4.98 Å². The maximum absolute atomic E-state index is 12.1. The Balaban J connectivity index is 2.24. The second-order valence-corrected chi connectivity index (χ2v) is 5.82. The Labute approximate surface area is 117 Å². The number of halogens is 1. The van der Waals surface area contributed by atoms with E-state index in [2.05, 4.69) is 26.2 Å². The highest BCUT2D eigenvalue weighted by Crippen LogP contribution is 2.26. The molecule has 0 radical (unpaired) electrons. The van der Waals surface area contributed by atoms with Crippen molar-refractivity contribution in [2.24, 2.45) is 0 Å². The third-order valence-electron chi connectivity index (χ3n) is 2.52. The second-order valence-electron chi connectivity index (χ2n) is 3.82. The monoisotopic (exact) mass is 325 g/mol. The largest absolute Gasteiger partial charge is 0.398 e. The fourth-order valence-corrected chi connectivity index (χ4v) is 2.67. The molecule has 2 aromatic rings. The predicted octanol–water partition coefficient (Wildman–Crippen LogP) is 3.36. The van der Waals surface area contributed by atoms with Gasteiger partial charge in [-0.1, -0.05) is 6.07 Å². The lowest BCUT2D eigenvalue weighted by atomic mass is 10.2. The van der Waals surface area contributed by atoms with Gasteiger partial charge in [-0.2, -0.15) is 0 Å². The SMILES string of the molecule is Cc1nc(NC(=O)c2cccc(N)c2Br)sc1C. The highest BCUT2D eigenvalue weighted by atomic mass is 79.9. The molecule has 0 aliphatic heterocycles. The number of nitrogens with zero attached hydrogens (tertiary/aromatic N) is 1. The molecule has 18 heavy (non-hydrogen) atoms. The fraction of sp³-hybridized carbons (Fsp3) is 0.167. The van der Waals surface area contributed by atoms with Gasteiger partial charge in [0.1, 0.15) is 0 Å². The standard InChI is InChI=1S/C12H12BrN3OS/c1-6-7(2)18-12(15-6)16-11(17)8-4-3-5-9(14)10(8)13/h3-5H,14H2,1-2H3,(H,15,16,17). The van der Waals surface area contributed by atoms with Gasteiger partial charge in [0.2, 0.25) is 0 Å². The van der Waals surface area contributed by atoms with Gasteiger partial charge in [-0.15, -0.1) is 11.3 Å². The lowest BCUT2D eigenvalue weighted by Gasteiger charge is -2.06. The van der Waals surface area contributed by atoms with E-state index in [1.807, 2.05) is 13.8 Å². The maximum Gasteiger partial charge on any atom is 0.258 e. The van der Waals surface area contributed by atoms with E-state index in [1.54, 1.807) is 18.2 Å². The van der Waals surface area contributed by atoms with Crippen LogP contribution in [0.5, 0.6) is 0 Å². The van der Waals surface area contributed by atoms with Crippen LogP contribution in [0.1, 0.15) is 20.9 Å². The molecular weight excluding hydrogens is 314 g/mol. The summed E-state index contributed by atoms with van der Waals surface area (Å²) in [4.78, 5) is 17.4. The molecule has 6 heteroatoms. The summed E-state index contributed by atoms with van der Waals surface area (Å²) in [6.07, 6.45) is 0. The molecule has 0 atom stereocenters. The molecule has 1 aromatic carbocycles. The first-order valence-electron chi connectivity index (χ1n) is 5.28. The second kappa shape index (κ2) is 5.07. The maximum atomic E-state index is 12.1. The Bertz CT molecular complexity index is 590.